The third-order valence-electron chi connectivity index (χ3n) is 5.57. The van der Waals surface area contributed by atoms with E-state index in [1.54, 1.807) is 19.6 Å². The van der Waals surface area contributed by atoms with Crippen molar-refractivity contribution >= 4 is 11.8 Å². The molecule has 1 saturated heterocycles. The summed E-state index contributed by atoms with van der Waals surface area (Å²) in [6.45, 7) is 2.44. The molecule has 3 rings (SSSR count). The Morgan fingerprint density at radius 3 is 2.81 bits per heavy atom. The minimum absolute atomic E-state index is 0.0499. The summed E-state index contributed by atoms with van der Waals surface area (Å²) in [6.07, 6.45) is 10.6. The second-order valence-electron chi connectivity index (χ2n) is 7.31. The molecule has 2 fully saturated rings. The Bertz CT molecular complexity index is 610. The quantitative estimate of drug-likeness (QED) is 0.801. The normalized spacial score (nSPS) is 21.1. The number of hydrogen-bond donors (Lipinski definition) is 1. The summed E-state index contributed by atoms with van der Waals surface area (Å²) in [5.41, 5.74) is 0.943. The predicted molar refractivity (Wildman–Crippen MR) is 97.3 cm³/mol. The molecule has 1 atom stereocenters. The van der Waals surface area contributed by atoms with Gasteiger partial charge in [-0.1, -0.05) is 19.3 Å². The number of carbonyl (C=O) groups excluding carboxylic acids is 2. The average Bonchev–Trinajstić information content (AvgIpc) is 3.34. The zero-order valence-corrected chi connectivity index (χ0v) is 15.7. The highest BCUT2D eigenvalue weighted by Gasteiger charge is 2.37. The van der Waals surface area contributed by atoms with Gasteiger partial charge in [0.15, 0.2) is 0 Å². The van der Waals surface area contributed by atoms with Gasteiger partial charge in [-0.2, -0.15) is 0 Å². The molecular formula is C19H30N4O3. The van der Waals surface area contributed by atoms with Crippen molar-refractivity contribution in [2.45, 2.75) is 64.1 Å². The van der Waals surface area contributed by atoms with E-state index in [2.05, 4.69) is 10.3 Å². The number of nitrogens with zero attached hydrogens (tertiary/aromatic N) is 3. The van der Waals surface area contributed by atoms with Gasteiger partial charge in [0.05, 0.1) is 25.2 Å². The molecule has 0 unspecified atom stereocenters. The molecule has 1 aliphatic carbocycles. The van der Waals surface area contributed by atoms with Gasteiger partial charge in [0.1, 0.15) is 6.04 Å². The van der Waals surface area contributed by atoms with Crippen LogP contribution in [0.4, 0.5) is 0 Å². The monoisotopic (exact) mass is 362 g/mol. The van der Waals surface area contributed by atoms with Crippen LogP contribution in [-0.4, -0.2) is 52.6 Å². The van der Waals surface area contributed by atoms with E-state index in [0.29, 0.717) is 26.2 Å². The molecule has 7 heteroatoms. The van der Waals surface area contributed by atoms with E-state index < -0.39 is 0 Å². The summed E-state index contributed by atoms with van der Waals surface area (Å²) in [5.74, 6) is 0.256. The molecule has 1 aromatic rings. The van der Waals surface area contributed by atoms with Crippen molar-refractivity contribution in [1.29, 1.82) is 0 Å². The molecule has 2 amide bonds. The van der Waals surface area contributed by atoms with E-state index in [4.69, 9.17) is 4.74 Å². The van der Waals surface area contributed by atoms with Gasteiger partial charge in [-0.05, 0) is 25.7 Å². The Hall–Kier alpha value is -1.89. The molecule has 0 spiro atoms. The number of rotatable bonds is 7. The molecular weight excluding hydrogens is 332 g/mol. The highest BCUT2D eigenvalue weighted by Crippen LogP contribution is 2.28. The Labute approximate surface area is 155 Å². The zero-order chi connectivity index (χ0) is 18.4. The summed E-state index contributed by atoms with van der Waals surface area (Å²) in [5, 5.41) is 3.00. The lowest BCUT2D eigenvalue weighted by Gasteiger charge is -2.30. The third kappa shape index (κ3) is 4.44. The fraction of sp³-hybridized carbons (Fsp3) is 0.737. The molecule has 1 aromatic heterocycles. The first-order chi connectivity index (χ1) is 12.7. The predicted octanol–water partition coefficient (Wildman–Crippen LogP) is 1.72. The Morgan fingerprint density at radius 2 is 2.04 bits per heavy atom. The SMILES string of the molecule is COCCn1cncc1CNC(=O)[C@@H]1CCCN1C(=O)C1CCCCC1. The molecule has 2 heterocycles. The van der Waals surface area contributed by atoms with Crippen LogP contribution in [0.2, 0.25) is 0 Å². The van der Waals surface area contributed by atoms with Crippen LogP contribution in [0.1, 0.15) is 50.6 Å². The van der Waals surface area contributed by atoms with E-state index in [1.807, 2.05) is 9.47 Å². The number of nitrogens with one attached hydrogen (secondary N) is 1. The van der Waals surface area contributed by atoms with Crippen LogP contribution in [0.15, 0.2) is 12.5 Å². The number of methoxy groups -OCH3 is 1. The summed E-state index contributed by atoms with van der Waals surface area (Å²) in [4.78, 5) is 31.5. The van der Waals surface area contributed by atoms with Crippen LogP contribution in [0.5, 0.6) is 0 Å². The van der Waals surface area contributed by atoms with Crippen molar-refractivity contribution in [3.05, 3.63) is 18.2 Å². The first kappa shape index (κ1) is 18.9. The van der Waals surface area contributed by atoms with Gasteiger partial charge in [-0.25, -0.2) is 4.98 Å². The van der Waals surface area contributed by atoms with E-state index in [1.165, 1.54) is 6.42 Å². The van der Waals surface area contributed by atoms with Gasteiger partial charge < -0.3 is 19.5 Å². The first-order valence-electron chi connectivity index (χ1n) is 9.77. The van der Waals surface area contributed by atoms with E-state index in [-0.39, 0.29) is 23.8 Å². The number of carbonyl (C=O) groups is 2. The fourth-order valence-electron chi connectivity index (χ4n) is 4.07. The Kier molecular flexibility index (Phi) is 6.66. The van der Waals surface area contributed by atoms with Crippen LogP contribution in [0, 0.1) is 5.92 Å². The lowest BCUT2D eigenvalue weighted by atomic mass is 9.88. The molecule has 0 aromatic carbocycles. The van der Waals surface area contributed by atoms with Crippen molar-refractivity contribution in [2.75, 3.05) is 20.3 Å². The molecule has 144 valence electrons. The van der Waals surface area contributed by atoms with Gasteiger partial charge in [-0.3, -0.25) is 9.59 Å². The first-order valence-corrected chi connectivity index (χ1v) is 9.77. The van der Waals surface area contributed by atoms with E-state index in [9.17, 15) is 9.59 Å². The topological polar surface area (TPSA) is 76.5 Å². The van der Waals surface area contributed by atoms with Gasteiger partial charge in [0, 0.05) is 32.3 Å². The maximum Gasteiger partial charge on any atom is 0.243 e. The highest BCUT2D eigenvalue weighted by atomic mass is 16.5. The summed E-state index contributed by atoms with van der Waals surface area (Å²) < 4.78 is 7.07. The number of hydrogen-bond acceptors (Lipinski definition) is 4. The minimum Gasteiger partial charge on any atom is -0.383 e. The zero-order valence-electron chi connectivity index (χ0n) is 15.7. The molecule has 1 N–H and O–H groups in total. The van der Waals surface area contributed by atoms with Crippen molar-refractivity contribution in [1.82, 2.24) is 19.8 Å². The van der Waals surface area contributed by atoms with E-state index in [0.717, 1.165) is 44.2 Å². The average molecular weight is 362 g/mol. The molecule has 1 saturated carbocycles. The van der Waals surface area contributed by atoms with Gasteiger partial charge >= 0.3 is 0 Å². The van der Waals surface area contributed by atoms with Crippen molar-refractivity contribution in [3.63, 3.8) is 0 Å². The van der Waals surface area contributed by atoms with Crippen LogP contribution in [-0.2, 0) is 27.4 Å². The van der Waals surface area contributed by atoms with Crippen molar-refractivity contribution in [3.8, 4) is 0 Å². The molecule has 1 aliphatic heterocycles. The number of amides is 2. The van der Waals surface area contributed by atoms with Crippen LogP contribution in [0.25, 0.3) is 0 Å². The summed E-state index contributed by atoms with van der Waals surface area (Å²) in [7, 11) is 1.66. The van der Waals surface area contributed by atoms with Gasteiger partial charge in [0.25, 0.3) is 0 Å². The maximum absolute atomic E-state index is 12.8. The van der Waals surface area contributed by atoms with Crippen LogP contribution < -0.4 is 5.32 Å². The number of imidazole rings is 1. The third-order valence-corrected chi connectivity index (χ3v) is 5.57. The van der Waals surface area contributed by atoms with Crippen LogP contribution in [0.3, 0.4) is 0 Å². The van der Waals surface area contributed by atoms with E-state index >= 15 is 0 Å². The largest absolute Gasteiger partial charge is 0.383 e. The Balaban J connectivity index is 1.55. The molecule has 7 nitrogen and oxygen atoms in total. The van der Waals surface area contributed by atoms with Gasteiger partial charge in [0.2, 0.25) is 11.8 Å². The summed E-state index contributed by atoms with van der Waals surface area (Å²) >= 11 is 0. The van der Waals surface area contributed by atoms with Crippen molar-refractivity contribution < 1.29 is 14.3 Å². The Morgan fingerprint density at radius 1 is 1.23 bits per heavy atom. The summed E-state index contributed by atoms with van der Waals surface area (Å²) in [6, 6.07) is -0.320. The maximum atomic E-state index is 12.8. The fourth-order valence-corrected chi connectivity index (χ4v) is 4.07. The number of likely N-dealkylation sites (tertiary alicyclic amines) is 1. The van der Waals surface area contributed by atoms with Gasteiger partial charge in [-0.15, -0.1) is 0 Å². The van der Waals surface area contributed by atoms with Crippen LogP contribution >= 0.6 is 0 Å². The second kappa shape index (κ2) is 9.16. The highest BCUT2D eigenvalue weighted by molar-refractivity contribution is 5.89. The lowest BCUT2D eigenvalue weighted by molar-refractivity contribution is -0.142. The molecule has 2 aliphatic rings. The number of ether oxygens (including phenoxy) is 1. The lowest BCUT2D eigenvalue weighted by Crippen LogP contribution is -2.48. The smallest absolute Gasteiger partial charge is 0.243 e. The standard InChI is InChI=1S/C19H30N4O3/c1-26-11-10-22-14-20-12-16(22)13-21-18(24)17-8-5-9-23(17)19(25)15-6-3-2-4-7-15/h12,14-15,17H,2-11,13H2,1H3,(H,21,24)/t17-/m0/s1. The van der Waals surface area contributed by atoms with Crippen molar-refractivity contribution in [2.24, 2.45) is 5.92 Å². The second-order valence-corrected chi connectivity index (χ2v) is 7.31. The molecule has 0 bridgehead atoms. The minimum atomic E-state index is -0.320. The molecule has 26 heavy (non-hydrogen) atoms. The number of aromatic nitrogens is 2. The molecule has 0 radical (unpaired) electrons.